The summed E-state index contributed by atoms with van der Waals surface area (Å²) in [6, 6.07) is 2.14. The molecule has 0 unspecified atom stereocenters. The first-order valence-corrected chi connectivity index (χ1v) is 7.57. The smallest absolute Gasteiger partial charge is 0.208 e. The zero-order chi connectivity index (χ0) is 13.8. The number of hydrogen-bond acceptors (Lipinski definition) is 7. The lowest BCUT2D eigenvalue weighted by atomic mass is 10.2. The molecule has 0 saturated heterocycles. The highest BCUT2D eigenvalue weighted by Crippen LogP contribution is 2.33. The first-order chi connectivity index (χ1) is 9.10. The molecule has 0 fully saturated rings. The molecule has 0 spiro atoms. The van der Waals surface area contributed by atoms with Crippen molar-refractivity contribution in [3.05, 3.63) is 23.4 Å². The molecule has 0 aliphatic rings. The van der Waals surface area contributed by atoms with Gasteiger partial charge in [-0.3, -0.25) is 0 Å². The van der Waals surface area contributed by atoms with Crippen molar-refractivity contribution >= 4 is 28.2 Å². The average molecular weight is 295 g/mol. The summed E-state index contributed by atoms with van der Waals surface area (Å²) in [6.07, 6.45) is 2.75. The van der Waals surface area contributed by atoms with E-state index in [-0.39, 0.29) is 0 Å². The van der Waals surface area contributed by atoms with Crippen LogP contribution in [0.5, 0.6) is 0 Å². The van der Waals surface area contributed by atoms with Crippen LogP contribution in [0.2, 0.25) is 0 Å². The first-order valence-electron chi connectivity index (χ1n) is 5.94. The van der Waals surface area contributed by atoms with E-state index in [4.69, 9.17) is 5.73 Å². The van der Waals surface area contributed by atoms with Crippen LogP contribution in [-0.4, -0.2) is 35.8 Å². The van der Waals surface area contributed by atoms with Crippen LogP contribution in [0.25, 0.3) is 0 Å². The fraction of sp³-hybridized carbons (Fsp3) is 0.417. The average Bonchev–Trinajstić information content (AvgIpc) is 2.82. The molecule has 19 heavy (non-hydrogen) atoms. The molecule has 102 valence electrons. The van der Waals surface area contributed by atoms with Gasteiger partial charge in [-0.1, -0.05) is 17.4 Å². The Morgan fingerprint density at radius 2 is 2.16 bits per heavy atom. The van der Waals surface area contributed by atoms with Crippen molar-refractivity contribution in [1.29, 1.82) is 0 Å². The zero-order valence-corrected chi connectivity index (χ0v) is 12.9. The summed E-state index contributed by atoms with van der Waals surface area (Å²) in [4.78, 5) is 6.43. The zero-order valence-electron chi connectivity index (χ0n) is 11.3. The van der Waals surface area contributed by atoms with E-state index in [1.807, 2.05) is 25.2 Å². The minimum absolute atomic E-state index is 0.649. The van der Waals surface area contributed by atoms with Crippen molar-refractivity contribution < 1.29 is 0 Å². The maximum Gasteiger partial charge on any atom is 0.208 e. The lowest BCUT2D eigenvalue weighted by molar-refractivity contribution is 0.933. The van der Waals surface area contributed by atoms with Gasteiger partial charge in [-0.15, -0.1) is 10.2 Å². The van der Waals surface area contributed by atoms with Gasteiger partial charge in [-0.2, -0.15) is 0 Å². The summed E-state index contributed by atoms with van der Waals surface area (Å²) in [5.74, 6) is 0. The van der Waals surface area contributed by atoms with Crippen LogP contribution in [0, 0.1) is 6.92 Å². The number of pyridine rings is 1. The summed E-state index contributed by atoms with van der Waals surface area (Å²) >= 11 is 3.12. The molecule has 0 amide bonds. The van der Waals surface area contributed by atoms with Crippen molar-refractivity contribution in [2.45, 2.75) is 22.7 Å². The molecule has 0 aliphatic heterocycles. The highest BCUT2D eigenvalue weighted by Gasteiger charge is 2.10. The molecule has 0 aromatic carbocycles. The van der Waals surface area contributed by atoms with Crippen molar-refractivity contribution in [2.24, 2.45) is 5.73 Å². The minimum atomic E-state index is 0.649. The normalized spacial score (nSPS) is 10.7. The molecular formula is C12H17N5S2. The van der Waals surface area contributed by atoms with Gasteiger partial charge in [0, 0.05) is 20.3 Å². The Morgan fingerprint density at radius 3 is 2.74 bits per heavy atom. The third-order valence-electron chi connectivity index (χ3n) is 2.48. The lowest BCUT2D eigenvalue weighted by Gasteiger charge is -2.05. The fourth-order valence-electron chi connectivity index (χ4n) is 1.54. The van der Waals surface area contributed by atoms with Crippen molar-refractivity contribution in [2.75, 3.05) is 25.5 Å². The van der Waals surface area contributed by atoms with Crippen molar-refractivity contribution in [1.82, 2.24) is 15.2 Å². The van der Waals surface area contributed by atoms with Crippen LogP contribution in [0.15, 0.2) is 21.6 Å². The number of nitrogens with zero attached hydrogens (tertiary/aromatic N) is 4. The van der Waals surface area contributed by atoms with Gasteiger partial charge in [0.05, 0.1) is 0 Å². The van der Waals surface area contributed by atoms with E-state index in [0.717, 1.165) is 26.5 Å². The molecule has 0 saturated carbocycles. The molecule has 0 aliphatic carbocycles. The lowest BCUT2D eigenvalue weighted by Crippen LogP contribution is -2.07. The second kappa shape index (κ2) is 6.31. The Bertz CT molecular complexity index is 553. The Hall–Kier alpha value is -1.18. The molecule has 2 heterocycles. The summed E-state index contributed by atoms with van der Waals surface area (Å²) in [5, 5.41) is 10.2. The van der Waals surface area contributed by atoms with E-state index < -0.39 is 0 Å². The fourth-order valence-corrected chi connectivity index (χ4v) is 3.24. The Morgan fingerprint density at radius 1 is 1.37 bits per heavy atom. The quantitative estimate of drug-likeness (QED) is 0.909. The third kappa shape index (κ3) is 3.65. The monoisotopic (exact) mass is 295 g/mol. The van der Waals surface area contributed by atoms with E-state index in [1.165, 1.54) is 5.56 Å². The van der Waals surface area contributed by atoms with Crippen molar-refractivity contribution in [3.8, 4) is 0 Å². The summed E-state index contributed by atoms with van der Waals surface area (Å²) < 4.78 is 0.908. The number of hydrogen-bond donors (Lipinski definition) is 1. The number of nitrogens with two attached hydrogens (primary N) is 1. The standard InChI is InChI=1S/C12H17N5S2/c1-8-6-9(4-5-13)7-14-10(8)18-12-16-15-11(19-12)17(2)3/h6-7H,4-5,13H2,1-3H3. The van der Waals surface area contributed by atoms with Crippen LogP contribution in [0.1, 0.15) is 11.1 Å². The predicted octanol–water partition coefficient (Wildman–Crippen LogP) is 1.96. The van der Waals surface area contributed by atoms with Crippen molar-refractivity contribution in [3.63, 3.8) is 0 Å². The van der Waals surface area contributed by atoms with Gasteiger partial charge in [-0.25, -0.2) is 4.98 Å². The maximum absolute atomic E-state index is 5.55. The molecule has 0 bridgehead atoms. The molecule has 5 nitrogen and oxygen atoms in total. The van der Waals surface area contributed by atoms with Gasteiger partial charge < -0.3 is 10.6 Å². The minimum Gasteiger partial charge on any atom is -0.353 e. The van der Waals surface area contributed by atoms with Crippen LogP contribution < -0.4 is 10.6 Å². The van der Waals surface area contributed by atoms with Crippen LogP contribution >= 0.6 is 23.1 Å². The molecular weight excluding hydrogens is 278 g/mol. The van der Waals surface area contributed by atoms with Crippen LogP contribution in [0.3, 0.4) is 0 Å². The Kier molecular flexibility index (Phi) is 4.73. The largest absolute Gasteiger partial charge is 0.353 e. The molecule has 7 heteroatoms. The molecule has 2 N–H and O–H groups in total. The van der Waals surface area contributed by atoms with E-state index in [2.05, 4.69) is 28.2 Å². The second-order valence-corrected chi connectivity index (χ2v) is 6.54. The number of aryl methyl sites for hydroxylation is 1. The molecule has 2 aromatic rings. The van der Waals surface area contributed by atoms with Gasteiger partial charge >= 0.3 is 0 Å². The molecule has 2 rings (SSSR count). The number of anilines is 1. The third-order valence-corrected chi connectivity index (χ3v) is 4.74. The molecule has 0 atom stereocenters. The number of aromatic nitrogens is 3. The highest BCUT2D eigenvalue weighted by atomic mass is 32.2. The Balaban J connectivity index is 2.13. The van der Waals surface area contributed by atoms with E-state index in [0.29, 0.717) is 6.54 Å². The molecule has 0 radical (unpaired) electrons. The van der Waals surface area contributed by atoms with E-state index >= 15 is 0 Å². The predicted molar refractivity (Wildman–Crippen MR) is 80.1 cm³/mol. The topological polar surface area (TPSA) is 67.9 Å². The van der Waals surface area contributed by atoms with E-state index in [1.54, 1.807) is 23.1 Å². The maximum atomic E-state index is 5.55. The second-order valence-electron chi connectivity index (χ2n) is 4.35. The molecule has 2 aromatic heterocycles. The van der Waals surface area contributed by atoms with Crippen LogP contribution in [-0.2, 0) is 6.42 Å². The Labute approximate surface area is 121 Å². The summed E-state index contributed by atoms with van der Waals surface area (Å²) in [7, 11) is 3.92. The highest BCUT2D eigenvalue weighted by molar-refractivity contribution is 8.01. The van der Waals surface area contributed by atoms with Gasteiger partial charge in [-0.05, 0) is 42.8 Å². The summed E-state index contributed by atoms with van der Waals surface area (Å²) in [6.45, 7) is 2.71. The van der Waals surface area contributed by atoms with Gasteiger partial charge in [0.25, 0.3) is 0 Å². The summed E-state index contributed by atoms with van der Waals surface area (Å²) in [5.41, 5.74) is 7.88. The number of rotatable bonds is 5. The van der Waals surface area contributed by atoms with Gasteiger partial charge in [0.2, 0.25) is 5.13 Å². The van der Waals surface area contributed by atoms with Gasteiger partial charge in [0.15, 0.2) is 4.34 Å². The first kappa shape index (κ1) is 14.2. The van der Waals surface area contributed by atoms with Crippen LogP contribution in [0.4, 0.5) is 5.13 Å². The van der Waals surface area contributed by atoms with Gasteiger partial charge in [0.1, 0.15) is 5.03 Å². The van der Waals surface area contributed by atoms with E-state index in [9.17, 15) is 0 Å². The SMILES string of the molecule is Cc1cc(CCN)cnc1Sc1nnc(N(C)C)s1.